The van der Waals surface area contributed by atoms with Gasteiger partial charge in [0, 0.05) is 18.1 Å². The number of benzene rings is 1. The van der Waals surface area contributed by atoms with Crippen molar-refractivity contribution in [2.75, 3.05) is 0 Å². The Kier molecular flexibility index (Phi) is 3.13. The van der Waals surface area contributed by atoms with E-state index in [1.807, 2.05) is 42.1 Å². The van der Waals surface area contributed by atoms with E-state index < -0.39 is 0 Å². The highest BCUT2D eigenvalue weighted by Gasteiger charge is 2.10. The van der Waals surface area contributed by atoms with Gasteiger partial charge in [-0.05, 0) is 24.6 Å². The van der Waals surface area contributed by atoms with Gasteiger partial charge in [0.1, 0.15) is 0 Å². The second kappa shape index (κ2) is 4.95. The second-order valence-corrected chi connectivity index (χ2v) is 5.92. The van der Waals surface area contributed by atoms with Gasteiger partial charge in [-0.25, -0.2) is 9.83 Å². The zero-order valence-corrected chi connectivity index (χ0v) is 12.1. The summed E-state index contributed by atoms with van der Waals surface area (Å²) in [7, 11) is 2.01. The van der Waals surface area contributed by atoms with Gasteiger partial charge in [-0.3, -0.25) is 0 Å². The van der Waals surface area contributed by atoms with Crippen molar-refractivity contribution in [1.29, 1.82) is 0 Å². The third-order valence-electron chi connectivity index (χ3n) is 3.13. The fraction of sp³-hybridized carbons (Fsp3) is 0.125. The van der Waals surface area contributed by atoms with E-state index in [0.717, 1.165) is 17.1 Å². The third kappa shape index (κ3) is 2.24. The highest BCUT2D eigenvalue weighted by atomic mass is 32.1. The molecule has 0 aliphatic heterocycles. The predicted octanol–water partition coefficient (Wildman–Crippen LogP) is 4.67. The molecule has 0 radical (unpaired) electrons. The van der Waals surface area contributed by atoms with Crippen LogP contribution in [0.5, 0.6) is 0 Å². The van der Waals surface area contributed by atoms with E-state index >= 15 is 0 Å². The first-order valence-corrected chi connectivity index (χ1v) is 7.07. The minimum Gasteiger partial charge on any atom is -0.333 e. The van der Waals surface area contributed by atoms with Crippen LogP contribution in [-0.4, -0.2) is 9.55 Å². The summed E-state index contributed by atoms with van der Waals surface area (Å²) in [6, 6.07) is 11.8. The Balaban J connectivity index is 2.01. The minimum atomic E-state index is 0.652. The van der Waals surface area contributed by atoms with Crippen LogP contribution in [0.1, 0.15) is 4.88 Å². The largest absolute Gasteiger partial charge is 0.333 e. The molecule has 1 aromatic carbocycles. The first-order valence-electron chi connectivity index (χ1n) is 6.25. The highest BCUT2D eigenvalue weighted by Crippen LogP contribution is 2.29. The molecule has 0 aliphatic carbocycles. The number of aryl methyl sites for hydroxylation is 2. The fourth-order valence-electron chi connectivity index (χ4n) is 2.10. The summed E-state index contributed by atoms with van der Waals surface area (Å²) < 4.78 is 2.05. The average molecular weight is 279 g/mol. The molecule has 2 heterocycles. The number of rotatable bonds is 2. The van der Waals surface area contributed by atoms with Crippen LogP contribution < -0.4 is 0 Å². The van der Waals surface area contributed by atoms with Gasteiger partial charge < -0.3 is 4.57 Å². The first-order chi connectivity index (χ1) is 9.67. The predicted molar refractivity (Wildman–Crippen MR) is 83.0 cm³/mol. The van der Waals surface area contributed by atoms with Gasteiger partial charge in [-0.15, -0.1) is 11.3 Å². The molecule has 2 aromatic heterocycles. The van der Waals surface area contributed by atoms with Crippen molar-refractivity contribution >= 4 is 17.0 Å². The monoisotopic (exact) mass is 279 g/mol. The van der Waals surface area contributed by atoms with Crippen molar-refractivity contribution in [3.05, 3.63) is 58.9 Å². The normalized spacial score (nSPS) is 10.4. The number of imidazole rings is 1. The molecule has 0 unspecified atom stereocenters. The standard InChI is InChI=1S/C16H13N3S/c1-11-4-9-15(20-11)16-18-14(10-19(16)3)12-5-7-13(17-2)8-6-12/h4-10H,1,3H3. The van der Waals surface area contributed by atoms with Crippen LogP contribution in [0.2, 0.25) is 0 Å². The molecule has 3 rings (SSSR count). The van der Waals surface area contributed by atoms with E-state index in [1.165, 1.54) is 9.75 Å². The summed E-state index contributed by atoms with van der Waals surface area (Å²) >= 11 is 1.75. The van der Waals surface area contributed by atoms with Gasteiger partial charge in [0.25, 0.3) is 0 Å². The highest BCUT2D eigenvalue weighted by molar-refractivity contribution is 7.15. The summed E-state index contributed by atoms with van der Waals surface area (Å²) in [4.78, 5) is 10.6. The Morgan fingerprint density at radius 1 is 1.15 bits per heavy atom. The lowest BCUT2D eigenvalue weighted by Gasteiger charge is -1.96. The van der Waals surface area contributed by atoms with Crippen LogP contribution in [0.25, 0.3) is 26.8 Å². The second-order valence-electron chi connectivity index (χ2n) is 4.63. The van der Waals surface area contributed by atoms with E-state index in [2.05, 4.69) is 23.9 Å². The van der Waals surface area contributed by atoms with Crippen LogP contribution in [0, 0.1) is 13.5 Å². The van der Waals surface area contributed by atoms with Gasteiger partial charge in [0.2, 0.25) is 0 Å². The Morgan fingerprint density at radius 3 is 2.50 bits per heavy atom. The van der Waals surface area contributed by atoms with Crippen LogP contribution in [0.15, 0.2) is 42.6 Å². The van der Waals surface area contributed by atoms with Crippen molar-refractivity contribution in [3.63, 3.8) is 0 Å². The topological polar surface area (TPSA) is 22.2 Å². The van der Waals surface area contributed by atoms with E-state index in [0.29, 0.717) is 5.69 Å². The minimum absolute atomic E-state index is 0.652. The van der Waals surface area contributed by atoms with Gasteiger partial charge >= 0.3 is 0 Å². The van der Waals surface area contributed by atoms with E-state index in [9.17, 15) is 0 Å². The summed E-state index contributed by atoms with van der Waals surface area (Å²) in [5.74, 6) is 0.979. The van der Waals surface area contributed by atoms with Gasteiger partial charge in [-0.1, -0.05) is 24.3 Å². The van der Waals surface area contributed by atoms with Crippen molar-refractivity contribution in [2.45, 2.75) is 6.92 Å². The maximum atomic E-state index is 6.98. The number of thiophene rings is 1. The van der Waals surface area contributed by atoms with Crippen LogP contribution in [-0.2, 0) is 7.05 Å². The smallest absolute Gasteiger partial charge is 0.187 e. The molecular weight excluding hydrogens is 266 g/mol. The molecule has 0 saturated carbocycles. The van der Waals surface area contributed by atoms with Crippen molar-refractivity contribution in [1.82, 2.24) is 9.55 Å². The maximum Gasteiger partial charge on any atom is 0.187 e. The van der Waals surface area contributed by atoms with Crippen molar-refractivity contribution in [3.8, 4) is 22.0 Å². The van der Waals surface area contributed by atoms with Crippen LogP contribution >= 0.6 is 11.3 Å². The van der Waals surface area contributed by atoms with Gasteiger partial charge in [-0.2, -0.15) is 0 Å². The molecule has 3 nitrogen and oxygen atoms in total. The lowest BCUT2D eigenvalue weighted by molar-refractivity contribution is 0.928. The van der Waals surface area contributed by atoms with E-state index in [1.54, 1.807) is 11.3 Å². The molecule has 0 bridgehead atoms. The molecule has 0 spiro atoms. The summed E-state index contributed by atoms with van der Waals surface area (Å²) in [6.45, 7) is 9.08. The summed E-state index contributed by atoms with van der Waals surface area (Å²) in [5.41, 5.74) is 2.62. The number of hydrogen-bond acceptors (Lipinski definition) is 2. The van der Waals surface area contributed by atoms with Gasteiger partial charge in [0.05, 0.1) is 17.1 Å². The molecule has 0 aliphatic rings. The molecule has 4 heteroatoms. The summed E-state index contributed by atoms with van der Waals surface area (Å²) in [5, 5.41) is 0. The zero-order chi connectivity index (χ0) is 14.1. The Hall–Kier alpha value is -2.38. The SMILES string of the molecule is [C-]#[N+]c1ccc(-c2cn(C)c(-c3ccc(C)s3)n2)cc1. The molecule has 0 amide bonds. The maximum absolute atomic E-state index is 6.98. The lowest BCUT2D eigenvalue weighted by Crippen LogP contribution is -1.87. The first kappa shape index (κ1) is 12.6. The zero-order valence-electron chi connectivity index (χ0n) is 11.3. The van der Waals surface area contributed by atoms with Crippen LogP contribution in [0.3, 0.4) is 0 Å². The third-order valence-corrected chi connectivity index (χ3v) is 4.13. The molecule has 20 heavy (non-hydrogen) atoms. The Morgan fingerprint density at radius 2 is 1.90 bits per heavy atom. The van der Waals surface area contributed by atoms with Crippen LogP contribution in [0.4, 0.5) is 5.69 Å². The fourth-order valence-corrected chi connectivity index (χ4v) is 3.00. The quantitative estimate of drug-likeness (QED) is 0.625. The molecule has 0 fully saturated rings. The molecule has 0 atom stereocenters. The molecule has 98 valence electrons. The average Bonchev–Trinajstić information content (AvgIpc) is 3.05. The number of aromatic nitrogens is 2. The van der Waals surface area contributed by atoms with Gasteiger partial charge in [0.15, 0.2) is 11.5 Å². The molecular formula is C16H13N3S. The molecule has 0 N–H and O–H groups in total. The van der Waals surface area contributed by atoms with Crippen molar-refractivity contribution in [2.24, 2.45) is 7.05 Å². The Labute approximate surface area is 122 Å². The van der Waals surface area contributed by atoms with E-state index in [-0.39, 0.29) is 0 Å². The van der Waals surface area contributed by atoms with E-state index in [4.69, 9.17) is 11.6 Å². The molecule has 0 saturated heterocycles. The Bertz CT molecular complexity index is 788. The van der Waals surface area contributed by atoms with Crippen molar-refractivity contribution < 1.29 is 0 Å². The lowest BCUT2D eigenvalue weighted by atomic mass is 10.1. The molecule has 3 aromatic rings. The number of hydrogen-bond donors (Lipinski definition) is 0. The number of nitrogens with zero attached hydrogens (tertiary/aromatic N) is 3. The summed E-state index contributed by atoms with van der Waals surface area (Å²) in [6.07, 6.45) is 2.03.